The van der Waals surface area contributed by atoms with Crippen molar-refractivity contribution >= 4 is 51.5 Å². The number of carbonyl (C=O) groups excluding carboxylic acids is 2. The number of aryl methyl sites for hydroxylation is 2. The van der Waals surface area contributed by atoms with E-state index in [2.05, 4.69) is 15.2 Å². The van der Waals surface area contributed by atoms with Crippen LogP contribution in [0.4, 0.5) is 5.13 Å². The highest BCUT2D eigenvalue weighted by atomic mass is 35.5. The van der Waals surface area contributed by atoms with E-state index in [1.165, 1.54) is 11.3 Å². The van der Waals surface area contributed by atoms with Crippen LogP contribution in [0.2, 0.25) is 10.0 Å². The summed E-state index contributed by atoms with van der Waals surface area (Å²) in [7, 11) is 0. The molecule has 1 fully saturated rings. The Balaban J connectivity index is 1.56. The second-order valence-electron chi connectivity index (χ2n) is 6.78. The summed E-state index contributed by atoms with van der Waals surface area (Å²) in [6, 6.07) is 4.57. The summed E-state index contributed by atoms with van der Waals surface area (Å²) in [5, 5.41) is 4.36. The number of benzene rings is 1. The molecular weight excluding hydrogens is 419 g/mol. The van der Waals surface area contributed by atoms with Gasteiger partial charge < -0.3 is 10.2 Å². The Morgan fingerprint density at radius 3 is 2.43 bits per heavy atom. The first-order valence-corrected chi connectivity index (χ1v) is 10.6. The van der Waals surface area contributed by atoms with E-state index in [4.69, 9.17) is 23.2 Å². The summed E-state index contributed by atoms with van der Waals surface area (Å²) in [6.45, 7) is 8.07. The lowest BCUT2D eigenvalue weighted by Crippen LogP contribution is -2.54. The molecule has 1 aromatic heterocycles. The van der Waals surface area contributed by atoms with Gasteiger partial charge in [-0.15, -0.1) is 11.3 Å². The third-order valence-corrected chi connectivity index (χ3v) is 6.48. The standard InChI is InChI=1S/C19H22Cl2N4O2S/c1-11-13(3)28-19(22-11)23-17(26)12(2)24-6-8-25(9-7-24)18(27)15-5-4-14(20)10-16(15)21/h4-5,10,12H,6-9H2,1-3H3,(H,22,23,26). The largest absolute Gasteiger partial charge is 0.336 e. The van der Waals surface area contributed by atoms with Crippen LogP contribution in [0, 0.1) is 13.8 Å². The summed E-state index contributed by atoms with van der Waals surface area (Å²) < 4.78 is 0. The molecule has 1 unspecified atom stereocenters. The fourth-order valence-corrected chi connectivity index (χ4v) is 4.35. The quantitative estimate of drug-likeness (QED) is 0.783. The molecule has 0 aliphatic carbocycles. The second kappa shape index (κ2) is 8.78. The predicted molar refractivity (Wildman–Crippen MR) is 114 cm³/mol. The number of thiazole rings is 1. The Hall–Kier alpha value is -1.67. The van der Waals surface area contributed by atoms with Gasteiger partial charge in [0.05, 0.1) is 22.3 Å². The molecule has 2 aromatic rings. The van der Waals surface area contributed by atoms with Gasteiger partial charge in [0.2, 0.25) is 5.91 Å². The summed E-state index contributed by atoms with van der Waals surface area (Å²) >= 11 is 13.5. The Bertz CT molecular complexity index is 875. The van der Waals surface area contributed by atoms with E-state index < -0.39 is 0 Å². The van der Waals surface area contributed by atoms with Crippen LogP contribution in [0.3, 0.4) is 0 Å². The van der Waals surface area contributed by atoms with Crippen LogP contribution in [-0.4, -0.2) is 58.8 Å². The molecule has 1 atom stereocenters. The van der Waals surface area contributed by atoms with Crippen molar-refractivity contribution < 1.29 is 9.59 Å². The van der Waals surface area contributed by atoms with Gasteiger partial charge in [0.15, 0.2) is 5.13 Å². The zero-order chi connectivity index (χ0) is 20.4. The molecule has 6 nitrogen and oxygen atoms in total. The topological polar surface area (TPSA) is 65.5 Å². The molecule has 1 aliphatic rings. The first kappa shape index (κ1) is 21.0. The van der Waals surface area contributed by atoms with Crippen molar-refractivity contribution in [2.45, 2.75) is 26.8 Å². The molecule has 1 aromatic carbocycles. The van der Waals surface area contributed by atoms with Crippen LogP contribution in [0.15, 0.2) is 18.2 Å². The predicted octanol–water partition coefficient (Wildman–Crippen LogP) is 3.85. The van der Waals surface area contributed by atoms with Gasteiger partial charge in [-0.25, -0.2) is 4.98 Å². The first-order valence-electron chi connectivity index (χ1n) is 8.99. The van der Waals surface area contributed by atoms with Gasteiger partial charge in [0, 0.05) is 36.1 Å². The maximum atomic E-state index is 12.7. The molecule has 0 saturated carbocycles. The number of nitrogens with one attached hydrogen (secondary N) is 1. The highest BCUT2D eigenvalue weighted by molar-refractivity contribution is 7.15. The van der Waals surface area contributed by atoms with Crippen molar-refractivity contribution in [1.82, 2.24) is 14.8 Å². The number of hydrogen-bond acceptors (Lipinski definition) is 5. The number of halogens is 2. The van der Waals surface area contributed by atoms with Crippen LogP contribution in [0.25, 0.3) is 0 Å². The molecule has 150 valence electrons. The van der Waals surface area contributed by atoms with E-state index in [-0.39, 0.29) is 17.9 Å². The van der Waals surface area contributed by atoms with Crippen molar-refractivity contribution in [3.8, 4) is 0 Å². The van der Waals surface area contributed by atoms with Crippen molar-refractivity contribution in [3.05, 3.63) is 44.4 Å². The van der Waals surface area contributed by atoms with Crippen LogP contribution < -0.4 is 5.32 Å². The van der Waals surface area contributed by atoms with Crippen LogP contribution in [0.5, 0.6) is 0 Å². The molecule has 9 heteroatoms. The van der Waals surface area contributed by atoms with Crippen molar-refractivity contribution in [2.24, 2.45) is 0 Å². The summed E-state index contributed by atoms with van der Waals surface area (Å²) in [5.41, 5.74) is 1.38. The normalized spacial score (nSPS) is 16.1. The van der Waals surface area contributed by atoms with Crippen molar-refractivity contribution in [3.63, 3.8) is 0 Å². The van der Waals surface area contributed by atoms with E-state index >= 15 is 0 Å². The Morgan fingerprint density at radius 2 is 1.86 bits per heavy atom. The van der Waals surface area contributed by atoms with Crippen molar-refractivity contribution in [2.75, 3.05) is 31.5 Å². The van der Waals surface area contributed by atoms with E-state index in [0.717, 1.165) is 10.6 Å². The lowest BCUT2D eigenvalue weighted by Gasteiger charge is -2.37. The molecule has 3 rings (SSSR count). The highest BCUT2D eigenvalue weighted by Crippen LogP contribution is 2.24. The second-order valence-corrected chi connectivity index (χ2v) is 8.83. The summed E-state index contributed by atoms with van der Waals surface area (Å²) in [5.74, 6) is -0.207. The van der Waals surface area contributed by atoms with E-state index in [1.54, 1.807) is 23.1 Å². The van der Waals surface area contributed by atoms with Crippen LogP contribution in [-0.2, 0) is 4.79 Å². The number of carbonyl (C=O) groups is 2. The maximum Gasteiger partial charge on any atom is 0.255 e. The fourth-order valence-electron chi connectivity index (χ4n) is 3.05. The number of piperazine rings is 1. The lowest BCUT2D eigenvalue weighted by atomic mass is 10.1. The third kappa shape index (κ3) is 4.66. The molecule has 2 amide bonds. The number of nitrogens with zero attached hydrogens (tertiary/aromatic N) is 3. The molecular formula is C19H22Cl2N4O2S. The van der Waals surface area contributed by atoms with Gasteiger partial charge in [-0.05, 0) is 39.0 Å². The van der Waals surface area contributed by atoms with Gasteiger partial charge in [0.25, 0.3) is 5.91 Å². The number of rotatable bonds is 4. The fraction of sp³-hybridized carbons (Fsp3) is 0.421. The minimum atomic E-state index is -0.305. The summed E-state index contributed by atoms with van der Waals surface area (Å²) in [4.78, 5) is 34.5. The molecule has 1 aliphatic heterocycles. The van der Waals surface area contributed by atoms with Gasteiger partial charge in [-0.2, -0.15) is 0 Å². The first-order chi connectivity index (χ1) is 13.3. The number of hydrogen-bond donors (Lipinski definition) is 1. The molecule has 28 heavy (non-hydrogen) atoms. The van der Waals surface area contributed by atoms with Crippen LogP contribution in [0.1, 0.15) is 27.9 Å². The molecule has 0 radical (unpaired) electrons. The minimum absolute atomic E-state index is 0.0886. The maximum absolute atomic E-state index is 12.7. The Morgan fingerprint density at radius 1 is 1.18 bits per heavy atom. The van der Waals surface area contributed by atoms with E-state index in [9.17, 15) is 9.59 Å². The Labute approximate surface area is 178 Å². The third-order valence-electron chi connectivity index (χ3n) is 4.95. The zero-order valence-electron chi connectivity index (χ0n) is 16.0. The highest BCUT2D eigenvalue weighted by Gasteiger charge is 2.29. The zero-order valence-corrected chi connectivity index (χ0v) is 18.3. The van der Waals surface area contributed by atoms with Gasteiger partial charge in [-0.3, -0.25) is 14.5 Å². The molecule has 1 N–H and O–H groups in total. The number of aromatic nitrogens is 1. The molecule has 2 heterocycles. The lowest BCUT2D eigenvalue weighted by molar-refractivity contribution is -0.121. The van der Waals surface area contributed by atoms with Gasteiger partial charge in [0.1, 0.15) is 0 Å². The molecule has 0 bridgehead atoms. The van der Waals surface area contributed by atoms with Gasteiger partial charge in [-0.1, -0.05) is 23.2 Å². The van der Waals surface area contributed by atoms with E-state index in [0.29, 0.717) is 46.9 Å². The minimum Gasteiger partial charge on any atom is -0.336 e. The number of anilines is 1. The number of amides is 2. The smallest absolute Gasteiger partial charge is 0.255 e. The molecule has 0 spiro atoms. The average Bonchev–Trinajstić information content (AvgIpc) is 2.97. The SMILES string of the molecule is Cc1nc(NC(=O)C(C)N2CCN(C(=O)c3ccc(Cl)cc3Cl)CC2)sc1C. The van der Waals surface area contributed by atoms with Crippen LogP contribution >= 0.6 is 34.5 Å². The summed E-state index contributed by atoms with van der Waals surface area (Å²) in [6.07, 6.45) is 0. The van der Waals surface area contributed by atoms with Crippen molar-refractivity contribution in [1.29, 1.82) is 0 Å². The average molecular weight is 441 g/mol. The monoisotopic (exact) mass is 440 g/mol. The molecule has 1 saturated heterocycles. The van der Waals surface area contributed by atoms with Gasteiger partial charge >= 0.3 is 0 Å². The Kier molecular flexibility index (Phi) is 6.60. The van der Waals surface area contributed by atoms with E-state index in [1.807, 2.05) is 20.8 Å².